The van der Waals surface area contributed by atoms with Crippen molar-refractivity contribution in [3.05, 3.63) is 70.4 Å². The fourth-order valence-corrected chi connectivity index (χ4v) is 9.00. The largest absolute Gasteiger partial charge is 0.464 e. The van der Waals surface area contributed by atoms with Gasteiger partial charge in [-0.3, -0.25) is 14.4 Å². The lowest BCUT2D eigenvalue weighted by atomic mass is 9.89. The third kappa shape index (κ3) is 7.10. The van der Waals surface area contributed by atoms with E-state index in [1.165, 1.54) is 0 Å². The molecular formula is C41H48ClN5O4S. The third-order valence-electron chi connectivity index (χ3n) is 10.4. The number of carbonyl (C=O) groups is 2. The van der Waals surface area contributed by atoms with E-state index >= 15 is 0 Å². The highest BCUT2D eigenvalue weighted by molar-refractivity contribution is 7.22. The molecule has 2 fully saturated rings. The van der Waals surface area contributed by atoms with Crippen LogP contribution >= 0.6 is 22.9 Å². The van der Waals surface area contributed by atoms with E-state index in [0.717, 1.165) is 98.7 Å². The van der Waals surface area contributed by atoms with Crippen molar-refractivity contribution in [2.75, 3.05) is 32.8 Å². The highest BCUT2D eigenvalue weighted by Gasteiger charge is 2.37. The minimum absolute atomic E-state index is 0.252. The number of halogens is 1. The molecule has 0 spiro atoms. The number of thiazole rings is 1. The number of hydrogen-bond acceptors (Lipinski definition) is 8. The Bertz CT molecular complexity index is 2120. The smallest absolute Gasteiger partial charge is 0.339 e. The number of carbonyl (C=O) groups excluding carboxylic acids is 2. The van der Waals surface area contributed by atoms with Gasteiger partial charge in [-0.15, -0.1) is 11.3 Å². The molecule has 274 valence electrons. The predicted molar refractivity (Wildman–Crippen MR) is 209 cm³/mol. The molecule has 4 heterocycles. The molecule has 1 amide bonds. The number of amides is 1. The van der Waals surface area contributed by atoms with Crippen LogP contribution in [0.2, 0.25) is 5.02 Å². The molecule has 2 aliphatic rings. The summed E-state index contributed by atoms with van der Waals surface area (Å²) >= 11 is 7.97. The van der Waals surface area contributed by atoms with Crippen LogP contribution in [0.3, 0.4) is 0 Å². The predicted octanol–water partition coefficient (Wildman–Crippen LogP) is 8.70. The highest BCUT2D eigenvalue weighted by Crippen LogP contribution is 2.45. The number of aryl methyl sites for hydroxylation is 2. The average Bonchev–Trinajstić information content (AvgIpc) is 3.67. The van der Waals surface area contributed by atoms with Crippen molar-refractivity contribution < 1.29 is 19.1 Å². The summed E-state index contributed by atoms with van der Waals surface area (Å²) in [6.45, 7) is 15.6. The Kier molecular flexibility index (Phi) is 10.2. The third-order valence-corrected chi connectivity index (χ3v) is 11.8. The van der Waals surface area contributed by atoms with Crippen LogP contribution in [0.25, 0.3) is 42.8 Å². The molecule has 2 aromatic heterocycles. The molecule has 9 nitrogen and oxygen atoms in total. The van der Waals surface area contributed by atoms with Gasteiger partial charge in [0, 0.05) is 65.6 Å². The molecule has 0 saturated carbocycles. The molecule has 11 heteroatoms. The van der Waals surface area contributed by atoms with Gasteiger partial charge in [-0.1, -0.05) is 30.7 Å². The molecule has 0 bridgehead atoms. The quantitative estimate of drug-likeness (QED) is 0.140. The fraction of sp³-hybridized carbons (Fsp3) is 0.463. The van der Waals surface area contributed by atoms with Crippen molar-refractivity contribution in [2.24, 2.45) is 7.05 Å². The monoisotopic (exact) mass is 741 g/mol. The second-order valence-electron chi connectivity index (χ2n) is 15.1. The lowest BCUT2D eigenvalue weighted by Gasteiger charge is -2.47. The topological polar surface area (TPSA) is 89.8 Å². The Morgan fingerprint density at radius 2 is 1.71 bits per heavy atom. The Morgan fingerprint density at radius 3 is 2.37 bits per heavy atom. The standard InChI is InChI=1S/C41H48ClN5O4S/c1-8-33(48)47-22-29(23-47)46-18-16-26(17-19-46)36-30-21-27(12-15-32(30)45(7)44-36)39-43-31-20-24(3)34(37(40(49)50-9-2)51-41(4,5)6)35(38(31)52-39)25-10-13-28(42)14-11-25/h10-15,20-21,26,29,37H,8-9,16-19,22-23H2,1-7H3/t37-/m0/s1. The van der Waals surface area contributed by atoms with Crippen molar-refractivity contribution in [3.8, 4) is 21.7 Å². The van der Waals surface area contributed by atoms with E-state index in [9.17, 15) is 9.59 Å². The number of likely N-dealkylation sites (tertiary alicyclic amines) is 2. The summed E-state index contributed by atoms with van der Waals surface area (Å²) in [5.41, 5.74) is 7.05. The maximum atomic E-state index is 13.6. The Morgan fingerprint density at radius 1 is 1.02 bits per heavy atom. The summed E-state index contributed by atoms with van der Waals surface area (Å²) in [4.78, 5) is 35.4. The molecule has 3 aromatic carbocycles. The first kappa shape index (κ1) is 36.5. The van der Waals surface area contributed by atoms with Crippen molar-refractivity contribution in [3.63, 3.8) is 0 Å². The molecule has 52 heavy (non-hydrogen) atoms. The summed E-state index contributed by atoms with van der Waals surface area (Å²) in [5, 5.41) is 7.76. The molecule has 0 aliphatic carbocycles. The first-order valence-electron chi connectivity index (χ1n) is 18.4. The maximum Gasteiger partial charge on any atom is 0.339 e. The van der Waals surface area contributed by atoms with Crippen LogP contribution in [-0.2, 0) is 26.1 Å². The number of piperidine rings is 1. The van der Waals surface area contributed by atoms with E-state index in [1.54, 1.807) is 11.3 Å². The van der Waals surface area contributed by atoms with Crippen LogP contribution in [0, 0.1) is 6.92 Å². The van der Waals surface area contributed by atoms with Gasteiger partial charge < -0.3 is 14.4 Å². The molecule has 0 N–H and O–H groups in total. The Labute approximate surface area is 314 Å². The van der Waals surface area contributed by atoms with Crippen molar-refractivity contribution in [2.45, 2.75) is 84.5 Å². The average molecular weight is 742 g/mol. The Hall–Kier alpha value is -3.83. The van der Waals surface area contributed by atoms with E-state index in [2.05, 4.69) is 29.2 Å². The van der Waals surface area contributed by atoms with Crippen LogP contribution in [0.4, 0.5) is 0 Å². The van der Waals surface area contributed by atoms with E-state index in [1.807, 2.05) is 82.4 Å². The molecule has 2 aliphatic heterocycles. The van der Waals surface area contributed by atoms with Crippen LogP contribution in [0.1, 0.15) is 82.7 Å². The number of esters is 1. The van der Waals surface area contributed by atoms with Crippen LogP contribution in [0.15, 0.2) is 48.5 Å². The SMILES string of the molecule is CCOC(=O)[C@@H](OC(C)(C)C)c1c(C)cc2nc(-c3ccc4c(c3)c(C3CCN(C5CN(C(=O)CC)C5)CC3)nn4C)sc2c1-c1ccc(Cl)cc1. The molecule has 7 rings (SSSR count). The molecule has 0 radical (unpaired) electrons. The number of aromatic nitrogens is 3. The van der Waals surface area contributed by atoms with Gasteiger partial charge in [0.05, 0.1) is 33.6 Å². The van der Waals surface area contributed by atoms with E-state index in [4.69, 9.17) is 31.2 Å². The summed E-state index contributed by atoms with van der Waals surface area (Å²) in [6.07, 6.45) is 1.73. The molecule has 0 unspecified atom stereocenters. The van der Waals surface area contributed by atoms with Gasteiger partial charge in [-0.05, 0) is 108 Å². The van der Waals surface area contributed by atoms with Gasteiger partial charge in [-0.2, -0.15) is 5.10 Å². The van der Waals surface area contributed by atoms with Gasteiger partial charge in [-0.25, -0.2) is 9.78 Å². The van der Waals surface area contributed by atoms with E-state index in [0.29, 0.717) is 23.4 Å². The zero-order valence-corrected chi connectivity index (χ0v) is 32.7. The first-order chi connectivity index (χ1) is 24.8. The summed E-state index contributed by atoms with van der Waals surface area (Å²) in [7, 11) is 2.02. The number of hydrogen-bond donors (Lipinski definition) is 0. The van der Waals surface area contributed by atoms with Gasteiger partial charge in [0.15, 0.2) is 6.10 Å². The van der Waals surface area contributed by atoms with Crippen LogP contribution in [0.5, 0.6) is 0 Å². The maximum absolute atomic E-state index is 13.6. The second kappa shape index (κ2) is 14.5. The lowest BCUT2D eigenvalue weighted by Crippen LogP contribution is -2.62. The summed E-state index contributed by atoms with van der Waals surface area (Å²) < 4.78 is 15.0. The molecular weight excluding hydrogens is 694 g/mol. The number of nitrogens with zero attached hydrogens (tertiary/aromatic N) is 5. The minimum Gasteiger partial charge on any atom is -0.464 e. The zero-order chi connectivity index (χ0) is 36.9. The van der Waals surface area contributed by atoms with Crippen molar-refractivity contribution in [1.29, 1.82) is 0 Å². The Balaban J connectivity index is 1.26. The van der Waals surface area contributed by atoms with Gasteiger partial charge >= 0.3 is 5.97 Å². The number of benzene rings is 3. The van der Waals surface area contributed by atoms with Gasteiger partial charge in [0.2, 0.25) is 5.91 Å². The van der Waals surface area contributed by atoms with Crippen molar-refractivity contribution in [1.82, 2.24) is 24.6 Å². The number of ether oxygens (including phenoxy) is 2. The zero-order valence-electron chi connectivity index (χ0n) is 31.2. The van der Waals surface area contributed by atoms with Gasteiger partial charge in [0.1, 0.15) is 5.01 Å². The number of fused-ring (bicyclic) bond motifs is 2. The van der Waals surface area contributed by atoms with E-state index in [-0.39, 0.29) is 12.5 Å². The fourth-order valence-electron chi connectivity index (χ4n) is 7.75. The summed E-state index contributed by atoms with van der Waals surface area (Å²) in [6, 6.07) is 16.8. The van der Waals surface area contributed by atoms with Crippen LogP contribution < -0.4 is 0 Å². The summed E-state index contributed by atoms with van der Waals surface area (Å²) in [5.74, 6) is 0.201. The minimum atomic E-state index is -0.927. The van der Waals surface area contributed by atoms with Crippen LogP contribution in [-0.4, -0.2) is 80.9 Å². The molecule has 1 atom stereocenters. The van der Waals surface area contributed by atoms with Gasteiger partial charge in [0.25, 0.3) is 0 Å². The normalized spacial score (nSPS) is 16.8. The van der Waals surface area contributed by atoms with E-state index < -0.39 is 17.7 Å². The second-order valence-corrected chi connectivity index (χ2v) is 16.5. The highest BCUT2D eigenvalue weighted by atomic mass is 35.5. The van der Waals surface area contributed by atoms with Crippen molar-refractivity contribution >= 4 is 55.9 Å². The lowest BCUT2D eigenvalue weighted by molar-refractivity contribution is -0.166. The molecule has 2 saturated heterocycles. The first-order valence-corrected chi connectivity index (χ1v) is 19.6. The molecule has 5 aromatic rings. The number of rotatable bonds is 9.